The van der Waals surface area contributed by atoms with Gasteiger partial charge in [0.15, 0.2) is 0 Å². The van der Waals surface area contributed by atoms with Crippen LogP contribution < -0.4 is 0 Å². The number of hydrogen-bond donors (Lipinski definition) is 2. The van der Waals surface area contributed by atoms with E-state index in [-0.39, 0.29) is 0 Å². The molecule has 0 saturated heterocycles. The van der Waals surface area contributed by atoms with Crippen molar-refractivity contribution in [2.45, 2.75) is 63.7 Å². The molecule has 102 valence electrons. The topological polar surface area (TPSA) is 74.6 Å². The molecule has 0 amide bonds. The maximum absolute atomic E-state index is 9.00. The van der Waals surface area contributed by atoms with Crippen molar-refractivity contribution in [1.82, 2.24) is 0 Å². The average molecular weight is 353 g/mol. The summed E-state index contributed by atoms with van der Waals surface area (Å²) in [6.45, 7) is 4.44. The first kappa shape index (κ1) is 22.0. The van der Waals surface area contributed by atoms with Crippen LogP contribution in [0, 0.1) is 0 Å². The summed E-state index contributed by atoms with van der Waals surface area (Å²) in [7, 11) is 0. The first-order chi connectivity index (χ1) is 7.88. The van der Waals surface area contributed by atoms with Crippen LogP contribution in [0.15, 0.2) is 0 Å². The third-order valence-corrected chi connectivity index (χ3v) is 2.72. The van der Waals surface area contributed by atoms with Crippen LogP contribution in [-0.2, 0) is 9.59 Å². The number of carbonyl (C=O) groups is 2. The van der Waals surface area contributed by atoms with Gasteiger partial charge in [0.2, 0.25) is 0 Å². The zero-order valence-corrected chi connectivity index (χ0v) is 14.5. The van der Waals surface area contributed by atoms with Crippen molar-refractivity contribution < 1.29 is 19.8 Å². The van der Waals surface area contributed by atoms with E-state index in [9.17, 15) is 0 Å². The molecule has 2 N–H and O–H groups in total. The van der Waals surface area contributed by atoms with Crippen molar-refractivity contribution in [3.05, 3.63) is 0 Å². The van der Waals surface area contributed by atoms with Gasteiger partial charge in [-0.15, -0.1) is 0 Å². The van der Waals surface area contributed by atoms with Gasteiger partial charge in [-0.05, 0) is 0 Å². The van der Waals surface area contributed by atoms with Crippen molar-refractivity contribution in [3.8, 4) is 0 Å². The molecule has 0 spiro atoms. The molecule has 0 aliphatic carbocycles. The predicted octanol–water partition coefficient (Wildman–Crippen LogP) is 2.85. The number of unbranched alkanes of at least 4 members (excludes halogenated alkanes) is 5. The molecule has 0 aromatic carbocycles. The standard InChI is InChI=1S/C8H17.2C2H4O2.Sn.H/c1-3-5-7-8-6-4-2;2*1-2(3)4;;/h1,3-8H2,2H3;2*1H3,(H,3,4);;. The second kappa shape index (κ2) is 21.1. The van der Waals surface area contributed by atoms with E-state index in [1.54, 1.807) is 0 Å². The first-order valence-electron chi connectivity index (χ1n) is 5.97. The minimum absolute atomic E-state index is 0.833. The molecule has 17 heavy (non-hydrogen) atoms. The Morgan fingerprint density at radius 2 is 1.18 bits per heavy atom. The zero-order valence-electron chi connectivity index (χ0n) is 11.2. The molecule has 0 heterocycles. The van der Waals surface area contributed by atoms with Crippen molar-refractivity contribution in [2.75, 3.05) is 0 Å². The zero-order chi connectivity index (χ0) is 14.1. The van der Waals surface area contributed by atoms with E-state index >= 15 is 0 Å². The van der Waals surface area contributed by atoms with Gasteiger partial charge < -0.3 is 10.2 Å². The van der Waals surface area contributed by atoms with Crippen molar-refractivity contribution >= 4 is 34.5 Å². The molecular weight excluding hydrogens is 327 g/mol. The first-order valence-corrected chi connectivity index (χ1v) is 8.30. The Bertz CT molecular complexity index is 146. The van der Waals surface area contributed by atoms with E-state index < -0.39 is 11.9 Å². The Labute approximate surface area is 118 Å². The van der Waals surface area contributed by atoms with Crippen LogP contribution in [0.25, 0.3) is 0 Å². The van der Waals surface area contributed by atoms with Crippen molar-refractivity contribution in [2.24, 2.45) is 0 Å². The summed E-state index contributed by atoms with van der Waals surface area (Å²) in [5.74, 6) is -1.67. The maximum atomic E-state index is 9.00. The molecule has 2 radical (unpaired) electrons. The van der Waals surface area contributed by atoms with Gasteiger partial charge in [-0.1, -0.05) is 0 Å². The summed E-state index contributed by atoms with van der Waals surface area (Å²) in [5, 5.41) is 14.8. The third kappa shape index (κ3) is 90.2. The summed E-state index contributed by atoms with van der Waals surface area (Å²) in [4.78, 5) is 18.0. The fourth-order valence-electron chi connectivity index (χ4n) is 0.925. The normalized spacial score (nSPS) is 8.24. The van der Waals surface area contributed by atoms with Gasteiger partial charge in [0.25, 0.3) is 11.9 Å². The Hall–Kier alpha value is -0.261. The summed E-state index contributed by atoms with van der Waals surface area (Å²) >= 11 is 1.46. The SMILES string of the molecule is CC(=O)O.CC(=O)O.CCCCCCC[CH2][SnH]. The van der Waals surface area contributed by atoms with Crippen molar-refractivity contribution in [3.63, 3.8) is 0 Å². The quantitative estimate of drug-likeness (QED) is 0.569. The van der Waals surface area contributed by atoms with Crippen LogP contribution in [0.2, 0.25) is 4.44 Å². The van der Waals surface area contributed by atoms with Gasteiger partial charge in [0.1, 0.15) is 0 Å². The van der Waals surface area contributed by atoms with Crippen LogP contribution in [0.3, 0.4) is 0 Å². The molecule has 0 unspecified atom stereocenters. The van der Waals surface area contributed by atoms with Crippen LogP contribution in [0.4, 0.5) is 0 Å². The number of carboxylic acid groups (broad SMARTS) is 2. The minimum atomic E-state index is -0.833. The van der Waals surface area contributed by atoms with E-state index in [4.69, 9.17) is 19.8 Å². The van der Waals surface area contributed by atoms with Crippen LogP contribution in [0.1, 0.15) is 59.3 Å². The van der Waals surface area contributed by atoms with Crippen LogP contribution in [0.5, 0.6) is 0 Å². The molecule has 0 fully saturated rings. The molecule has 0 aliphatic rings. The molecule has 0 aliphatic heterocycles. The van der Waals surface area contributed by atoms with E-state index in [0.29, 0.717) is 0 Å². The molecule has 0 aromatic heterocycles. The van der Waals surface area contributed by atoms with Gasteiger partial charge in [-0.25, -0.2) is 0 Å². The molecule has 0 rings (SSSR count). The summed E-state index contributed by atoms with van der Waals surface area (Å²) < 4.78 is 1.50. The van der Waals surface area contributed by atoms with Gasteiger partial charge in [-0.2, -0.15) is 0 Å². The summed E-state index contributed by atoms with van der Waals surface area (Å²) in [5.41, 5.74) is 0. The Morgan fingerprint density at radius 1 is 0.882 bits per heavy atom. The van der Waals surface area contributed by atoms with Crippen LogP contribution in [-0.4, -0.2) is 44.7 Å². The number of rotatable bonds is 6. The Kier molecular flexibility index (Phi) is 27.2. The van der Waals surface area contributed by atoms with E-state index in [1.807, 2.05) is 0 Å². The molecule has 0 saturated carbocycles. The third-order valence-electron chi connectivity index (χ3n) is 1.56. The number of aliphatic carboxylic acids is 2. The monoisotopic (exact) mass is 354 g/mol. The number of hydrogen-bond acceptors (Lipinski definition) is 2. The van der Waals surface area contributed by atoms with Crippen LogP contribution >= 0.6 is 0 Å². The van der Waals surface area contributed by atoms with Gasteiger partial charge >= 0.3 is 72.4 Å². The summed E-state index contributed by atoms with van der Waals surface area (Å²) in [6, 6.07) is 0. The molecule has 0 atom stereocenters. The van der Waals surface area contributed by atoms with E-state index in [0.717, 1.165) is 13.8 Å². The second-order valence-electron chi connectivity index (χ2n) is 3.59. The fourth-order valence-corrected chi connectivity index (χ4v) is 1.75. The molecule has 4 nitrogen and oxygen atoms in total. The molecule has 5 heteroatoms. The second-order valence-corrected chi connectivity index (χ2v) is 5.24. The Morgan fingerprint density at radius 3 is 1.47 bits per heavy atom. The fraction of sp³-hybridized carbons (Fsp3) is 0.833. The van der Waals surface area contributed by atoms with Gasteiger partial charge in [0.05, 0.1) is 0 Å². The molecule has 0 bridgehead atoms. The van der Waals surface area contributed by atoms with E-state index in [2.05, 4.69) is 6.92 Å². The molecular formula is C12H26O4Sn. The Balaban J connectivity index is -0.000000205. The predicted molar refractivity (Wildman–Crippen MR) is 72.0 cm³/mol. The van der Waals surface area contributed by atoms with Gasteiger partial charge in [-0.3, -0.25) is 9.59 Å². The molecule has 0 aromatic rings. The number of carboxylic acids is 2. The average Bonchev–Trinajstić information content (AvgIpc) is 2.16. The van der Waals surface area contributed by atoms with Gasteiger partial charge in [0, 0.05) is 13.8 Å². The van der Waals surface area contributed by atoms with Crippen molar-refractivity contribution in [1.29, 1.82) is 0 Å². The summed E-state index contributed by atoms with van der Waals surface area (Å²) in [6.07, 6.45) is 8.75. The van der Waals surface area contributed by atoms with E-state index in [1.165, 1.54) is 65.5 Å².